The number of rotatable bonds is 9. The molecule has 0 rings (SSSR count). The molecule has 1 unspecified atom stereocenters. The fraction of sp³-hybridized carbons (Fsp3) is 1.00. The molecule has 0 heterocycles. The van der Waals surface area contributed by atoms with E-state index in [2.05, 4.69) is 32.6 Å². The van der Waals surface area contributed by atoms with E-state index in [-0.39, 0.29) is 5.41 Å². The molecule has 0 bridgehead atoms. The maximum absolute atomic E-state index is 5.79. The van der Waals surface area contributed by atoms with Gasteiger partial charge < -0.3 is 10.5 Å². The molecule has 98 valence electrons. The molecule has 0 aromatic rings. The van der Waals surface area contributed by atoms with Gasteiger partial charge in [-0.05, 0) is 38.8 Å². The predicted molar refractivity (Wildman–Crippen MR) is 70.7 cm³/mol. The van der Waals surface area contributed by atoms with Crippen LogP contribution in [0.4, 0.5) is 0 Å². The van der Waals surface area contributed by atoms with Gasteiger partial charge in [-0.25, -0.2) is 0 Å². The molecule has 0 saturated carbocycles. The third-order valence-corrected chi connectivity index (χ3v) is 2.88. The maximum atomic E-state index is 5.79. The number of nitrogens with two attached hydrogens (primary N) is 1. The molecule has 2 N–H and O–H groups in total. The monoisotopic (exact) mass is 230 g/mol. The second kappa shape index (κ2) is 8.04. The fourth-order valence-corrected chi connectivity index (χ4v) is 1.75. The quantitative estimate of drug-likeness (QED) is 0.659. The summed E-state index contributed by atoms with van der Waals surface area (Å²) in [5, 5.41) is 0. The Labute approximate surface area is 101 Å². The average Bonchev–Trinajstić information content (AvgIpc) is 2.25. The molecule has 0 saturated heterocycles. The van der Waals surface area contributed by atoms with E-state index in [9.17, 15) is 0 Å². The molecule has 0 aliphatic rings. The van der Waals surface area contributed by atoms with Crippen LogP contribution in [0.1, 0.15) is 41.0 Å². The summed E-state index contributed by atoms with van der Waals surface area (Å²) in [7, 11) is 0. The highest BCUT2D eigenvalue weighted by Gasteiger charge is 2.22. The highest BCUT2D eigenvalue weighted by molar-refractivity contribution is 4.77. The Morgan fingerprint density at radius 3 is 2.38 bits per heavy atom. The Hall–Kier alpha value is -0.120. The van der Waals surface area contributed by atoms with Gasteiger partial charge in [0.15, 0.2) is 0 Å². The first kappa shape index (κ1) is 15.9. The minimum atomic E-state index is 0.190. The normalized spacial score (nSPS) is 14.4. The molecule has 0 aliphatic heterocycles. The Bertz CT molecular complexity index is 171. The van der Waals surface area contributed by atoms with E-state index < -0.39 is 0 Å². The van der Waals surface area contributed by atoms with E-state index in [4.69, 9.17) is 10.5 Å². The first-order valence-corrected chi connectivity index (χ1v) is 6.48. The Kier molecular flexibility index (Phi) is 7.98. The second-order valence-corrected chi connectivity index (χ2v) is 5.35. The summed E-state index contributed by atoms with van der Waals surface area (Å²) in [6.45, 7) is 15.5. The fourth-order valence-electron chi connectivity index (χ4n) is 1.75. The number of ether oxygens (including phenoxy) is 1. The summed E-state index contributed by atoms with van der Waals surface area (Å²) in [5.74, 6) is 0. The summed E-state index contributed by atoms with van der Waals surface area (Å²) in [4.78, 5) is 2.49. The van der Waals surface area contributed by atoms with Crippen LogP contribution >= 0.6 is 0 Å². The largest absolute Gasteiger partial charge is 0.380 e. The number of hydrogen-bond acceptors (Lipinski definition) is 3. The van der Waals surface area contributed by atoms with E-state index in [0.29, 0.717) is 6.04 Å². The van der Waals surface area contributed by atoms with Gasteiger partial charge in [-0.2, -0.15) is 0 Å². The maximum Gasteiger partial charge on any atom is 0.0618 e. The van der Waals surface area contributed by atoms with Crippen LogP contribution in [0.3, 0.4) is 0 Å². The third-order valence-electron chi connectivity index (χ3n) is 2.88. The van der Waals surface area contributed by atoms with Crippen molar-refractivity contribution in [3.8, 4) is 0 Å². The average molecular weight is 230 g/mol. The van der Waals surface area contributed by atoms with Crippen molar-refractivity contribution in [3.63, 3.8) is 0 Å². The molecule has 3 nitrogen and oxygen atoms in total. The first-order chi connectivity index (χ1) is 7.46. The predicted octanol–water partition coefficient (Wildman–Crippen LogP) is 2.11. The Morgan fingerprint density at radius 2 is 1.94 bits per heavy atom. The molecular weight excluding hydrogens is 200 g/mol. The summed E-state index contributed by atoms with van der Waals surface area (Å²) in [5.41, 5.74) is 5.98. The van der Waals surface area contributed by atoms with E-state index in [1.807, 2.05) is 6.92 Å². The number of hydrogen-bond donors (Lipinski definition) is 1. The molecular formula is C13H30N2O. The summed E-state index contributed by atoms with van der Waals surface area (Å²) < 4.78 is 5.50. The van der Waals surface area contributed by atoms with Crippen LogP contribution in [0.25, 0.3) is 0 Å². The van der Waals surface area contributed by atoms with Crippen molar-refractivity contribution >= 4 is 0 Å². The zero-order valence-corrected chi connectivity index (χ0v) is 11.8. The molecule has 0 aromatic heterocycles. The molecule has 0 amide bonds. The van der Waals surface area contributed by atoms with Gasteiger partial charge in [-0.1, -0.05) is 20.8 Å². The van der Waals surface area contributed by atoms with Gasteiger partial charge in [0.1, 0.15) is 0 Å². The van der Waals surface area contributed by atoms with Crippen molar-refractivity contribution in [2.45, 2.75) is 47.1 Å². The minimum Gasteiger partial charge on any atom is -0.380 e. The van der Waals surface area contributed by atoms with Crippen LogP contribution in [0, 0.1) is 5.41 Å². The molecule has 1 atom stereocenters. The van der Waals surface area contributed by atoms with Crippen molar-refractivity contribution in [2.75, 3.05) is 32.8 Å². The van der Waals surface area contributed by atoms with Crippen LogP contribution in [-0.2, 0) is 4.74 Å². The highest BCUT2D eigenvalue weighted by atomic mass is 16.5. The standard InChI is InChI=1S/C13H30N2O/c1-6-8-15(11-13(4,5)10-14)12(3)9-16-7-2/h12H,6-11,14H2,1-5H3. The second-order valence-electron chi connectivity index (χ2n) is 5.35. The molecule has 3 heteroatoms. The molecule has 0 aliphatic carbocycles. The first-order valence-electron chi connectivity index (χ1n) is 6.48. The summed E-state index contributed by atoms with van der Waals surface area (Å²) in [6, 6.07) is 0.478. The van der Waals surface area contributed by atoms with Crippen LogP contribution < -0.4 is 5.73 Å². The van der Waals surface area contributed by atoms with Crippen LogP contribution in [-0.4, -0.2) is 43.8 Å². The van der Waals surface area contributed by atoms with Crippen molar-refractivity contribution in [1.29, 1.82) is 0 Å². The minimum absolute atomic E-state index is 0.190. The molecule has 16 heavy (non-hydrogen) atoms. The van der Waals surface area contributed by atoms with Gasteiger partial charge in [0, 0.05) is 19.2 Å². The van der Waals surface area contributed by atoms with E-state index in [1.54, 1.807) is 0 Å². The SMILES string of the molecule is CCCN(CC(C)(C)CN)C(C)COCC. The van der Waals surface area contributed by atoms with E-state index in [1.165, 1.54) is 6.42 Å². The van der Waals surface area contributed by atoms with Crippen molar-refractivity contribution in [2.24, 2.45) is 11.1 Å². The van der Waals surface area contributed by atoms with Gasteiger partial charge in [-0.3, -0.25) is 4.90 Å². The van der Waals surface area contributed by atoms with Crippen molar-refractivity contribution in [1.82, 2.24) is 4.90 Å². The van der Waals surface area contributed by atoms with Crippen molar-refractivity contribution < 1.29 is 4.74 Å². The third kappa shape index (κ3) is 6.46. The van der Waals surface area contributed by atoms with Crippen LogP contribution in [0.2, 0.25) is 0 Å². The lowest BCUT2D eigenvalue weighted by Gasteiger charge is -2.35. The lowest BCUT2D eigenvalue weighted by molar-refractivity contribution is 0.0550. The van der Waals surface area contributed by atoms with Gasteiger partial charge in [0.05, 0.1) is 6.61 Å². The van der Waals surface area contributed by atoms with Crippen LogP contribution in [0.15, 0.2) is 0 Å². The molecule has 0 spiro atoms. The van der Waals surface area contributed by atoms with Crippen molar-refractivity contribution in [3.05, 3.63) is 0 Å². The molecule has 0 radical (unpaired) electrons. The Balaban J connectivity index is 4.24. The lowest BCUT2D eigenvalue weighted by Crippen LogP contribution is -2.45. The smallest absolute Gasteiger partial charge is 0.0618 e. The Morgan fingerprint density at radius 1 is 1.31 bits per heavy atom. The summed E-state index contributed by atoms with van der Waals surface area (Å²) >= 11 is 0. The van der Waals surface area contributed by atoms with Gasteiger partial charge >= 0.3 is 0 Å². The van der Waals surface area contributed by atoms with E-state index >= 15 is 0 Å². The molecule has 0 aromatic carbocycles. The highest BCUT2D eigenvalue weighted by Crippen LogP contribution is 2.17. The molecule has 0 fully saturated rings. The van der Waals surface area contributed by atoms with Gasteiger partial charge in [0.25, 0.3) is 0 Å². The zero-order valence-electron chi connectivity index (χ0n) is 11.8. The zero-order chi connectivity index (χ0) is 12.6. The topological polar surface area (TPSA) is 38.5 Å². The van der Waals surface area contributed by atoms with Gasteiger partial charge in [0.2, 0.25) is 0 Å². The van der Waals surface area contributed by atoms with Gasteiger partial charge in [-0.15, -0.1) is 0 Å². The summed E-state index contributed by atoms with van der Waals surface area (Å²) in [6.07, 6.45) is 1.18. The van der Waals surface area contributed by atoms with Crippen LogP contribution in [0.5, 0.6) is 0 Å². The number of nitrogens with zero attached hydrogens (tertiary/aromatic N) is 1. The lowest BCUT2D eigenvalue weighted by atomic mass is 9.92. The van der Waals surface area contributed by atoms with E-state index in [0.717, 1.165) is 32.8 Å².